The fourth-order valence-corrected chi connectivity index (χ4v) is 2.73. The summed E-state index contributed by atoms with van der Waals surface area (Å²) in [6, 6.07) is 7.37. The van der Waals surface area contributed by atoms with E-state index in [1.165, 1.54) is 19.3 Å². The molecule has 0 bridgehead atoms. The van der Waals surface area contributed by atoms with Crippen molar-refractivity contribution in [1.82, 2.24) is 10.6 Å². The van der Waals surface area contributed by atoms with Gasteiger partial charge in [-0.1, -0.05) is 31.4 Å². The van der Waals surface area contributed by atoms with Gasteiger partial charge in [-0.25, -0.2) is 4.79 Å². The molecule has 23 heavy (non-hydrogen) atoms. The van der Waals surface area contributed by atoms with Crippen molar-refractivity contribution < 1.29 is 9.53 Å². The van der Waals surface area contributed by atoms with E-state index in [9.17, 15) is 4.79 Å². The maximum atomic E-state index is 12.0. The van der Waals surface area contributed by atoms with Gasteiger partial charge in [0.2, 0.25) is 0 Å². The van der Waals surface area contributed by atoms with Crippen LogP contribution in [0.2, 0.25) is 0 Å². The van der Waals surface area contributed by atoms with E-state index in [0.29, 0.717) is 17.4 Å². The first-order chi connectivity index (χ1) is 11.2. The number of hydrogen-bond acceptors (Lipinski definition) is 3. The van der Waals surface area contributed by atoms with Crippen molar-refractivity contribution in [1.29, 1.82) is 0 Å². The minimum absolute atomic E-state index is 0.230. The summed E-state index contributed by atoms with van der Waals surface area (Å²) in [6.07, 6.45) is 6.96. The molecule has 0 saturated heterocycles. The van der Waals surface area contributed by atoms with E-state index in [4.69, 9.17) is 17.0 Å². The smallest absolute Gasteiger partial charge is 0.410 e. The highest BCUT2D eigenvalue weighted by molar-refractivity contribution is 7.80. The van der Waals surface area contributed by atoms with E-state index in [-0.39, 0.29) is 6.04 Å². The highest BCUT2D eigenvalue weighted by Gasteiger charge is 2.16. The summed E-state index contributed by atoms with van der Waals surface area (Å²) in [5, 5.41) is 9.43. The second kappa shape index (κ2) is 9.15. The standard InChI is InChI=1S/C17H23N3O2S/c1-2-11-18-16(23)19-14-9-6-10-15(12-14)22-17(21)20-13-7-4-3-5-8-13/h2,6,9-10,12-13H,1,3-5,7-8,11H2,(H,20,21)(H2,18,19,23). The van der Waals surface area contributed by atoms with Crippen LogP contribution in [0.4, 0.5) is 10.5 Å². The van der Waals surface area contributed by atoms with Gasteiger partial charge >= 0.3 is 6.09 Å². The molecule has 0 aromatic heterocycles. The third-order valence-corrected chi connectivity index (χ3v) is 3.88. The average molecular weight is 333 g/mol. The first-order valence-corrected chi connectivity index (χ1v) is 8.32. The van der Waals surface area contributed by atoms with Crippen molar-refractivity contribution in [2.24, 2.45) is 0 Å². The van der Waals surface area contributed by atoms with E-state index in [1.54, 1.807) is 18.2 Å². The molecule has 0 spiro atoms. The van der Waals surface area contributed by atoms with Gasteiger partial charge in [-0.3, -0.25) is 0 Å². The number of benzene rings is 1. The van der Waals surface area contributed by atoms with Gasteiger partial charge in [-0.15, -0.1) is 6.58 Å². The number of hydrogen-bond donors (Lipinski definition) is 3. The van der Waals surface area contributed by atoms with Crippen molar-refractivity contribution in [2.45, 2.75) is 38.1 Å². The zero-order chi connectivity index (χ0) is 16.5. The molecule has 1 saturated carbocycles. The monoisotopic (exact) mass is 333 g/mol. The quantitative estimate of drug-likeness (QED) is 0.568. The summed E-state index contributed by atoms with van der Waals surface area (Å²) < 4.78 is 5.35. The fraction of sp³-hybridized carbons (Fsp3) is 0.412. The lowest BCUT2D eigenvalue weighted by atomic mass is 9.96. The Labute approximate surface area is 142 Å². The molecular weight excluding hydrogens is 310 g/mol. The van der Waals surface area contributed by atoms with Crippen LogP contribution in [-0.2, 0) is 0 Å². The molecule has 1 aliphatic rings. The number of ether oxygens (including phenoxy) is 1. The predicted octanol–water partition coefficient (Wildman–Crippen LogP) is 3.58. The van der Waals surface area contributed by atoms with Gasteiger partial charge in [0, 0.05) is 24.3 Å². The Morgan fingerprint density at radius 1 is 1.35 bits per heavy atom. The molecule has 0 atom stereocenters. The van der Waals surface area contributed by atoms with Gasteiger partial charge in [0.25, 0.3) is 0 Å². The molecule has 1 aromatic rings. The van der Waals surface area contributed by atoms with Crippen LogP contribution >= 0.6 is 12.2 Å². The van der Waals surface area contributed by atoms with Gasteiger partial charge in [0.05, 0.1) is 0 Å². The summed E-state index contributed by atoms with van der Waals surface area (Å²) in [6.45, 7) is 4.21. The summed E-state index contributed by atoms with van der Waals surface area (Å²) in [5.41, 5.74) is 0.759. The maximum Gasteiger partial charge on any atom is 0.412 e. The van der Waals surface area contributed by atoms with E-state index >= 15 is 0 Å². The number of nitrogens with one attached hydrogen (secondary N) is 3. The Hall–Kier alpha value is -2.08. The van der Waals surface area contributed by atoms with E-state index in [1.807, 2.05) is 12.1 Å². The fourth-order valence-electron chi connectivity index (χ4n) is 2.53. The molecule has 0 heterocycles. The van der Waals surface area contributed by atoms with Gasteiger partial charge in [-0.2, -0.15) is 0 Å². The molecule has 3 N–H and O–H groups in total. The summed E-state index contributed by atoms with van der Waals surface area (Å²) in [5.74, 6) is 0.481. The van der Waals surface area contributed by atoms with Crippen LogP contribution in [-0.4, -0.2) is 23.8 Å². The van der Waals surface area contributed by atoms with Gasteiger partial charge < -0.3 is 20.7 Å². The third kappa shape index (κ3) is 6.28. The first-order valence-electron chi connectivity index (χ1n) is 7.91. The van der Waals surface area contributed by atoms with Crippen molar-refractivity contribution in [3.63, 3.8) is 0 Å². The molecule has 1 fully saturated rings. The minimum Gasteiger partial charge on any atom is -0.410 e. The molecule has 0 aliphatic heterocycles. The SMILES string of the molecule is C=CCNC(=S)Nc1cccc(OC(=O)NC2CCCCC2)c1. The third-order valence-electron chi connectivity index (χ3n) is 3.64. The Kier molecular flexibility index (Phi) is 6.87. The number of anilines is 1. The minimum atomic E-state index is -0.401. The zero-order valence-electron chi connectivity index (χ0n) is 13.1. The van der Waals surface area contributed by atoms with Crippen molar-refractivity contribution >= 4 is 29.1 Å². The molecule has 1 aromatic carbocycles. The summed E-state index contributed by atoms with van der Waals surface area (Å²) >= 11 is 5.15. The van der Waals surface area contributed by atoms with Crippen LogP contribution in [0.25, 0.3) is 0 Å². The highest BCUT2D eigenvalue weighted by Crippen LogP contribution is 2.19. The maximum absolute atomic E-state index is 12.0. The van der Waals surface area contributed by atoms with Crippen LogP contribution in [0.5, 0.6) is 5.75 Å². The lowest BCUT2D eigenvalue weighted by Gasteiger charge is -2.22. The molecule has 0 radical (unpaired) electrons. The normalized spacial score (nSPS) is 14.6. The van der Waals surface area contributed by atoms with Crippen LogP contribution in [0.3, 0.4) is 0 Å². The number of carbonyl (C=O) groups excluding carboxylic acids is 1. The summed E-state index contributed by atoms with van der Waals surface area (Å²) in [7, 11) is 0. The topological polar surface area (TPSA) is 62.4 Å². The second-order valence-corrected chi connectivity index (χ2v) is 5.93. The Bertz CT molecular complexity index is 557. The second-order valence-electron chi connectivity index (χ2n) is 5.52. The molecule has 1 aliphatic carbocycles. The number of thiocarbonyl (C=S) groups is 1. The molecule has 5 nitrogen and oxygen atoms in total. The Morgan fingerprint density at radius 2 is 2.13 bits per heavy atom. The predicted molar refractivity (Wildman–Crippen MR) is 96.9 cm³/mol. The van der Waals surface area contributed by atoms with Crippen LogP contribution in [0, 0.1) is 0 Å². The Balaban J connectivity index is 1.84. The average Bonchev–Trinajstić information content (AvgIpc) is 2.54. The summed E-state index contributed by atoms with van der Waals surface area (Å²) in [4.78, 5) is 12.0. The van der Waals surface area contributed by atoms with Crippen molar-refractivity contribution in [2.75, 3.05) is 11.9 Å². The van der Waals surface area contributed by atoms with Crippen molar-refractivity contribution in [3.8, 4) is 5.75 Å². The Morgan fingerprint density at radius 3 is 2.87 bits per heavy atom. The number of amides is 1. The van der Waals surface area contributed by atoms with E-state index < -0.39 is 6.09 Å². The van der Waals surface area contributed by atoms with Gasteiger partial charge in [0.15, 0.2) is 5.11 Å². The molecule has 6 heteroatoms. The lowest BCUT2D eigenvalue weighted by molar-refractivity contribution is 0.192. The van der Waals surface area contributed by atoms with Crippen LogP contribution < -0.4 is 20.7 Å². The number of carbonyl (C=O) groups is 1. The lowest BCUT2D eigenvalue weighted by Crippen LogP contribution is -2.38. The first kappa shape index (κ1) is 17.3. The molecule has 124 valence electrons. The molecule has 1 amide bonds. The van der Waals surface area contributed by atoms with E-state index in [2.05, 4.69) is 22.5 Å². The number of rotatable bonds is 5. The van der Waals surface area contributed by atoms with E-state index in [0.717, 1.165) is 18.5 Å². The van der Waals surface area contributed by atoms with Crippen molar-refractivity contribution in [3.05, 3.63) is 36.9 Å². The highest BCUT2D eigenvalue weighted by atomic mass is 32.1. The van der Waals surface area contributed by atoms with Gasteiger partial charge in [0.1, 0.15) is 5.75 Å². The zero-order valence-corrected chi connectivity index (χ0v) is 14.0. The molecule has 2 rings (SSSR count). The van der Waals surface area contributed by atoms with Crippen LogP contribution in [0.15, 0.2) is 36.9 Å². The molecule has 0 unspecified atom stereocenters. The largest absolute Gasteiger partial charge is 0.412 e. The van der Waals surface area contributed by atoms with Gasteiger partial charge in [-0.05, 0) is 37.2 Å². The molecular formula is C17H23N3O2S. The van der Waals surface area contributed by atoms with Crippen LogP contribution in [0.1, 0.15) is 32.1 Å².